The van der Waals surface area contributed by atoms with Crippen LogP contribution in [0.4, 0.5) is 0 Å². The van der Waals surface area contributed by atoms with Gasteiger partial charge in [0.1, 0.15) is 4.20 Å². The van der Waals surface area contributed by atoms with Crippen LogP contribution in [0, 0.1) is 0 Å². The monoisotopic (exact) mass is 250 g/mol. The van der Waals surface area contributed by atoms with Crippen molar-refractivity contribution in [2.75, 3.05) is 6.26 Å². The molecule has 0 aliphatic carbocycles. The van der Waals surface area contributed by atoms with Crippen molar-refractivity contribution in [1.82, 2.24) is 9.55 Å². The lowest BCUT2D eigenvalue weighted by Gasteiger charge is -2.06. The van der Waals surface area contributed by atoms with Gasteiger partial charge in [-0.3, -0.25) is 0 Å². The van der Waals surface area contributed by atoms with E-state index in [4.69, 9.17) is 12.2 Å². The summed E-state index contributed by atoms with van der Waals surface area (Å²) in [5, 5.41) is 0. The van der Waals surface area contributed by atoms with E-state index in [2.05, 4.69) is 22.5 Å². The molecule has 2 aromatic rings. The Balaban J connectivity index is 2.62. The van der Waals surface area contributed by atoms with Crippen molar-refractivity contribution >= 4 is 39.2 Å². The maximum atomic E-state index is 5.34. The molecule has 0 aliphatic rings. The minimum absolute atomic E-state index is 0.865. The number of thioether (sulfide) groups is 1. The summed E-state index contributed by atoms with van der Waals surface area (Å²) in [6.45, 7) is 3.14. The van der Waals surface area contributed by atoms with Crippen LogP contribution in [0.25, 0.3) is 11.0 Å². The van der Waals surface area contributed by atoms with Gasteiger partial charge in [-0.15, -0.1) is 11.8 Å². The molecule has 16 heavy (non-hydrogen) atoms. The fourth-order valence-electron chi connectivity index (χ4n) is 1.77. The number of aromatic nitrogens is 2. The molecule has 0 aliphatic heterocycles. The van der Waals surface area contributed by atoms with Gasteiger partial charge in [0.15, 0.2) is 5.82 Å². The number of hydrogen-bond acceptors (Lipinski definition) is 3. The molecule has 0 atom stereocenters. The molecule has 1 aromatic carbocycles. The third-order valence-corrected chi connectivity index (χ3v) is 3.71. The van der Waals surface area contributed by atoms with Crippen molar-refractivity contribution in [1.29, 1.82) is 0 Å². The molecule has 4 heteroatoms. The Bertz CT molecular complexity index is 517. The van der Waals surface area contributed by atoms with Gasteiger partial charge >= 0.3 is 0 Å². The number of benzene rings is 1. The van der Waals surface area contributed by atoms with Crippen LogP contribution >= 0.6 is 24.0 Å². The number of hydrogen-bond donors (Lipinski definition) is 0. The van der Waals surface area contributed by atoms with E-state index < -0.39 is 0 Å². The van der Waals surface area contributed by atoms with Crippen LogP contribution in [-0.2, 0) is 6.54 Å². The molecule has 1 heterocycles. The van der Waals surface area contributed by atoms with Gasteiger partial charge in [-0.2, -0.15) is 0 Å². The molecule has 2 nitrogen and oxygen atoms in total. The van der Waals surface area contributed by atoms with E-state index in [0.29, 0.717) is 0 Å². The average Bonchev–Trinajstić information content (AvgIpc) is 2.68. The average molecular weight is 250 g/mol. The Labute approximate surface area is 105 Å². The number of rotatable bonds is 3. The van der Waals surface area contributed by atoms with Crippen molar-refractivity contribution < 1.29 is 0 Å². The van der Waals surface area contributed by atoms with E-state index in [9.17, 15) is 0 Å². The first-order chi connectivity index (χ1) is 7.77. The Hall–Kier alpha value is -0.870. The van der Waals surface area contributed by atoms with E-state index in [-0.39, 0.29) is 0 Å². The first kappa shape index (κ1) is 11.6. The number of fused-ring (bicyclic) bond motifs is 1. The smallest absolute Gasteiger partial charge is 0.158 e. The number of imidazole rings is 1. The van der Waals surface area contributed by atoms with Crippen molar-refractivity contribution in [3.8, 4) is 0 Å². The van der Waals surface area contributed by atoms with Crippen LogP contribution in [0.15, 0.2) is 24.3 Å². The first-order valence-electron chi connectivity index (χ1n) is 5.31. The molecule has 84 valence electrons. The molecule has 0 bridgehead atoms. The maximum absolute atomic E-state index is 5.34. The molecular formula is C12H14N2S2. The van der Waals surface area contributed by atoms with Crippen LogP contribution in [0.5, 0.6) is 0 Å². The van der Waals surface area contributed by atoms with E-state index in [0.717, 1.165) is 28.5 Å². The highest BCUT2D eigenvalue weighted by Gasteiger charge is 2.12. The fourth-order valence-corrected chi connectivity index (χ4v) is 2.27. The summed E-state index contributed by atoms with van der Waals surface area (Å²) >= 11 is 6.93. The Morgan fingerprint density at radius 3 is 2.88 bits per heavy atom. The van der Waals surface area contributed by atoms with Gasteiger partial charge in [0.25, 0.3) is 0 Å². The van der Waals surface area contributed by atoms with Gasteiger partial charge in [-0.1, -0.05) is 31.3 Å². The molecule has 0 spiro atoms. The van der Waals surface area contributed by atoms with Gasteiger partial charge in [0.2, 0.25) is 0 Å². The summed E-state index contributed by atoms with van der Waals surface area (Å²) in [6.07, 6.45) is 3.09. The van der Waals surface area contributed by atoms with Crippen molar-refractivity contribution in [2.45, 2.75) is 19.9 Å². The van der Waals surface area contributed by atoms with Crippen LogP contribution < -0.4 is 0 Å². The largest absolute Gasteiger partial charge is 0.323 e. The zero-order valence-corrected chi connectivity index (χ0v) is 11.1. The van der Waals surface area contributed by atoms with E-state index in [1.54, 1.807) is 11.8 Å². The molecule has 0 unspecified atom stereocenters. The van der Waals surface area contributed by atoms with Crippen molar-refractivity contribution in [2.24, 2.45) is 0 Å². The number of thiocarbonyl (C=S) groups is 1. The SMILES string of the molecule is CCCn1c(C(=S)SC)nc2ccccc21. The zero-order valence-electron chi connectivity index (χ0n) is 9.43. The van der Waals surface area contributed by atoms with Crippen molar-refractivity contribution in [3.63, 3.8) is 0 Å². The summed E-state index contributed by atoms with van der Waals surface area (Å²) < 4.78 is 3.08. The number of nitrogens with zero attached hydrogens (tertiary/aromatic N) is 2. The highest BCUT2D eigenvalue weighted by Crippen LogP contribution is 2.20. The summed E-state index contributed by atoms with van der Waals surface area (Å²) in [6, 6.07) is 8.19. The molecule has 0 radical (unpaired) electrons. The second kappa shape index (κ2) is 4.97. The minimum atomic E-state index is 0.865. The van der Waals surface area contributed by atoms with Gasteiger partial charge in [0.05, 0.1) is 11.0 Å². The zero-order chi connectivity index (χ0) is 11.5. The topological polar surface area (TPSA) is 17.8 Å². The van der Waals surface area contributed by atoms with Crippen LogP contribution in [0.3, 0.4) is 0 Å². The summed E-state index contributed by atoms with van der Waals surface area (Å²) in [5.41, 5.74) is 2.21. The van der Waals surface area contributed by atoms with Gasteiger partial charge in [-0.05, 0) is 24.8 Å². The van der Waals surface area contributed by atoms with Gasteiger partial charge in [0, 0.05) is 6.54 Å². The van der Waals surface area contributed by atoms with Gasteiger partial charge in [-0.25, -0.2) is 4.98 Å². The molecule has 0 saturated carbocycles. The number of para-hydroxylation sites is 2. The molecule has 2 rings (SSSR count). The second-order valence-electron chi connectivity index (χ2n) is 3.57. The fraction of sp³-hybridized carbons (Fsp3) is 0.333. The lowest BCUT2D eigenvalue weighted by molar-refractivity contribution is 0.693. The predicted molar refractivity (Wildman–Crippen MR) is 75.2 cm³/mol. The van der Waals surface area contributed by atoms with Crippen LogP contribution in [0.2, 0.25) is 0 Å². The highest BCUT2D eigenvalue weighted by atomic mass is 32.2. The van der Waals surface area contributed by atoms with Gasteiger partial charge < -0.3 is 4.57 Å². The molecule has 0 amide bonds. The van der Waals surface area contributed by atoms with Crippen LogP contribution in [-0.4, -0.2) is 20.0 Å². The molecular weight excluding hydrogens is 236 g/mol. The molecule has 0 N–H and O–H groups in total. The maximum Gasteiger partial charge on any atom is 0.158 e. The minimum Gasteiger partial charge on any atom is -0.323 e. The van der Waals surface area contributed by atoms with E-state index in [1.807, 2.05) is 24.5 Å². The quantitative estimate of drug-likeness (QED) is 0.777. The standard InChI is InChI=1S/C12H14N2S2/c1-3-8-14-10-7-5-4-6-9(10)13-11(14)12(15)16-2/h4-7H,3,8H2,1-2H3. The Kier molecular flexibility index (Phi) is 3.61. The summed E-state index contributed by atoms with van der Waals surface area (Å²) in [5.74, 6) is 0.936. The summed E-state index contributed by atoms with van der Waals surface area (Å²) in [4.78, 5) is 4.60. The Morgan fingerprint density at radius 1 is 1.44 bits per heavy atom. The third kappa shape index (κ3) is 1.99. The number of aryl methyl sites for hydroxylation is 1. The summed E-state index contributed by atoms with van der Waals surface area (Å²) in [7, 11) is 0. The lowest BCUT2D eigenvalue weighted by Crippen LogP contribution is -2.06. The van der Waals surface area contributed by atoms with Crippen molar-refractivity contribution in [3.05, 3.63) is 30.1 Å². The molecule has 0 fully saturated rings. The lowest BCUT2D eigenvalue weighted by atomic mass is 10.3. The second-order valence-corrected chi connectivity index (χ2v) is 5.05. The first-order valence-corrected chi connectivity index (χ1v) is 6.94. The van der Waals surface area contributed by atoms with Crippen LogP contribution in [0.1, 0.15) is 19.2 Å². The predicted octanol–water partition coefficient (Wildman–Crippen LogP) is 3.48. The highest BCUT2D eigenvalue weighted by molar-refractivity contribution is 8.23. The Morgan fingerprint density at radius 2 is 2.19 bits per heavy atom. The molecule has 1 aromatic heterocycles. The van der Waals surface area contributed by atoms with E-state index >= 15 is 0 Å². The molecule has 0 saturated heterocycles. The van der Waals surface area contributed by atoms with E-state index in [1.165, 1.54) is 5.52 Å². The third-order valence-electron chi connectivity index (χ3n) is 2.47. The normalized spacial score (nSPS) is 10.9.